The van der Waals surface area contributed by atoms with E-state index in [0.29, 0.717) is 37.6 Å². The lowest BCUT2D eigenvalue weighted by molar-refractivity contribution is -0.137. The molecule has 2 aromatic rings. The summed E-state index contributed by atoms with van der Waals surface area (Å²) in [5, 5.41) is 5.80. The number of nitrogens with two attached hydrogens (primary N) is 1. The van der Waals surface area contributed by atoms with Crippen LogP contribution in [-0.4, -0.2) is 57.5 Å². The minimum Gasteiger partial charge on any atom is -0.474 e. The molecule has 35 heavy (non-hydrogen) atoms. The summed E-state index contributed by atoms with van der Waals surface area (Å²) < 4.78 is 44.2. The number of fused-ring (bicyclic) bond motifs is 2. The minimum absolute atomic E-state index is 0.0129. The molecule has 0 saturated carbocycles. The van der Waals surface area contributed by atoms with Crippen LogP contribution in [0.5, 0.6) is 5.88 Å². The lowest BCUT2D eigenvalue weighted by Gasteiger charge is -2.38. The molecule has 3 saturated heterocycles. The van der Waals surface area contributed by atoms with Crippen LogP contribution in [0.15, 0.2) is 24.4 Å². The highest BCUT2D eigenvalue weighted by Crippen LogP contribution is 2.39. The lowest BCUT2D eigenvalue weighted by Crippen LogP contribution is -2.47. The summed E-state index contributed by atoms with van der Waals surface area (Å²) in [6, 6.07) is 3.19. The smallest absolute Gasteiger partial charge is 0.417 e. The molecule has 2 aromatic heterocycles. The molecule has 10 nitrogen and oxygen atoms in total. The number of ether oxygens (including phenoxy) is 1. The molecule has 0 aliphatic carbocycles. The Morgan fingerprint density at radius 3 is 2.49 bits per heavy atom. The Kier molecular flexibility index (Phi) is 5.85. The van der Waals surface area contributed by atoms with Crippen molar-refractivity contribution in [1.29, 1.82) is 0 Å². The molecular weight excluding hydrogens is 467 g/mol. The number of halogens is 3. The van der Waals surface area contributed by atoms with Crippen molar-refractivity contribution >= 4 is 23.6 Å². The van der Waals surface area contributed by atoms with E-state index in [1.807, 2.05) is 4.90 Å². The standard InChI is InChI=1S/C22H24F3N7O3/c23-22(24,25)11-1-4-18(28-10-11)35-14-7-12-2-3-13(8-14)32(12)21-30-16(19(26)33)9-17(31-21)29-15-5-6-27-20(15)34/h1,4,9-10,12-15H,2-3,5-8H2,(H2,26,33)(H,27,34)(H,29,30,31)/t12-,13+,14+,15-/m0/s1. The van der Waals surface area contributed by atoms with E-state index < -0.39 is 23.7 Å². The molecule has 2 amide bonds. The van der Waals surface area contributed by atoms with Gasteiger partial charge in [0.25, 0.3) is 5.91 Å². The number of hydrogen-bond donors (Lipinski definition) is 3. The summed E-state index contributed by atoms with van der Waals surface area (Å²) in [6.45, 7) is 0.558. The molecule has 2 bridgehead atoms. The third kappa shape index (κ3) is 4.80. The van der Waals surface area contributed by atoms with Gasteiger partial charge in [0.2, 0.25) is 17.7 Å². The molecule has 4 atom stereocenters. The van der Waals surface area contributed by atoms with Gasteiger partial charge in [-0.15, -0.1) is 0 Å². The zero-order valence-corrected chi connectivity index (χ0v) is 18.6. The maximum Gasteiger partial charge on any atom is 0.417 e. The van der Waals surface area contributed by atoms with Gasteiger partial charge in [0, 0.05) is 49.8 Å². The van der Waals surface area contributed by atoms with E-state index in [4.69, 9.17) is 10.5 Å². The summed E-state index contributed by atoms with van der Waals surface area (Å²) in [6.07, 6.45) is -0.436. The number of piperidine rings is 1. The number of carbonyl (C=O) groups is 2. The van der Waals surface area contributed by atoms with E-state index in [9.17, 15) is 22.8 Å². The van der Waals surface area contributed by atoms with E-state index in [-0.39, 0.29) is 35.7 Å². The molecule has 5 heterocycles. The van der Waals surface area contributed by atoms with Crippen molar-refractivity contribution in [2.75, 3.05) is 16.8 Å². The third-order valence-electron chi connectivity index (χ3n) is 6.61. The summed E-state index contributed by atoms with van der Waals surface area (Å²) in [7, 11) is 0. The van der Waals surface area contributed by atoms with Crippen molar-refractivity contribution in [2.24, 2.45) is 5.73 Å². The van der Waals surface area contributed by atoms with Crippen LogP contribution in [0.2, 0.25) is 0 Å². The summed E-state index contributed by atoms with van der Waals surface area (Å²) in [5.41, 5.74) is 4.71. The normalized spacial score (nSPS) is 25.9. The first-order valence-electron chi connectivity index (χ1n) is 11.4. The van der Waals surface area contributed by atoms with E-state index >= 15 is 0 Å². The van der Waals surface area contributed by atoms with Crippen molar-refractivity contribution < 1.29 is 27.5 Å². The number of amides is 2. The molecule has 3 aliphatic heterocycles. The molecule has 0 unspecified atom stereocenters. The Morgan fingerprint density at radius 2 is 1.91 bits per heavy atom. The van der Waals surface area contributed by atoms with Crippen LogP contribution in [0, 0.1) is 0 Å². The highest BCUT2D eigenvalue weighted by atomic mass is 19.4. The monoisotopic (exact) mass is 491 g/mol. The number of carbonyl (C=O) groups excluding carboxylic acids is 2. The van der Waals surface area contributed by atoms with Crippen molar-refractivity contribution in [2.45, 2.75) is 62.5 Å². The highest BCUT2D eigenvalue weighted by molar-refractivity contribution is 5.92. The first-order valence-corrected chi connectivity index (χ1v) is 11.4. The largest absolute Gasteiger partial charge is 0.474 e. The topological polar surface area (TPSA) is 135 Å². The fourth-order valence-corrected chi connectivity index (χ4v) is 5.00. The number of primary amides is 1. The molecule has 0 radical (unpaired) electrons. The van der Waals surface area contributed by atoms with Gasteiger partial charge in [0.1, 0.15) is 23.7 Å². The number of hydrogen-bond acceptors (Lipinski definition) is 8. The molecule has 4 N–H and O–H groups in total. The average Bonchev–Trinajstić information content (AvgIpc) is 3.33. The van der Waals surface area contributed by atoms with Crippen LogP contribution >= 0.6 is 0 Å². The number of pyridine rings is 1. The van der Waals surface area contributed by atoms with Gasteiger partial charge in [0.05, 0.1) is 5.56 Å². The number of nitrogens with zero attached hydrogens (tertiary/aromatic N) is 4. The van der Waals surface area contributed by atoms with E-state index in [1.165, 1.54) is 12.1 Å². The zero-order valence-electron chi connectivity index (χ0n) is 18.6. The van der Waals surface area contributed by atoms with Crippen LogP contribution in [0.1, 0.15) is 48.2 Å². The molecule has 186 valence electrons. The van der Waals surface area contributed by atoms with Gasteiger partial charge in [-0.3, -0.25) is 9.59 Å². The molecule has 3 aliphatic rings. The van der Waals surface area contributed by atoms with Crippen molar-refractivity contribution in [3.63, 3.8) is 0 Å². The molecule has 0 aromatic carbocycles. The van der Waals surface area contributed by atoms with Crippen LogP contribution in [-0.2, 0) is 11.0 Å². The van der Waals surface area contributed by atoms with Crippen molar-refractivity contribution in [3.8, 4) is 5.88 Å². The van der Waals surface area contributed by atoms with E-state index in [1.54, 1.807) is 0 Å². The van der Waals surface area contributed by atoms with Crippen LogP contribution in [0.4, 0.5) is 24.9 Å². The van der Waals surface area contributed by atoms with Gasteiger partial charge >= 0.3 is 6.18 Å². The fraction of sp³-hybridized carbons (Fsp3) is 0.500. The summed E-state index contributed by atoms with van der Waals surface area (Å²) in [5.74, 6) is -0.00486. The van der Waals surface area contributed by atoms with Crippen molar-refractivity contribution in [1.82, 2.24) is 20.3 Å². The Bertz CT molecular complexity index is 1110. The van der Waals surface area contributed by atoms with Gasteiger partial charge in [-0.25, -0.2) is 9.97 Å². The highest BCUT2D eigenvalue weighted by Gasteiger charge is 2.43. The summed E-state index contributed by atoms with van der Waals surface area (Å²) >= 11 is 0. The van der Waals surface area contributed by atoms with Gasteiger partial charge in [-0.1, -0.05) is 0 Å². The minimum atomic E-state index is -4.45. The number of rotatable bonds is 6. The van der Waals surface area contributed by atoms with Crippen LogP contribution in [0.25, 0.3) is 0 Å². The summed E-state index contributed by atoms with van der Waals surface area (Å²) in [4.78, 5) is 38.7. The van der Waals surface area contributed by atoms with Gasteiger partial charge in [-0.2, -0.15) is 18.2 Å². The Labute approximate surface area is 198 Å². The maximum atomic E-state index is 12.8. The Morgan fingerprint density at radius 1 is 1.17 bits per heavy atom. The number of alkyl halides is 3. The van der Waals surface area contributed by atoms with E-state index in [2.05, 4.69) is 25.6 Å². The molecule has 5 rings (SSSR count). The van der Waals surface area contributed by atoms with Gasteiger partial charge in [-0.05, 0) is 25.3 Å². The second-order valence-corrected chi connectivity index (χ2v) is 8.97. The average molecular weight is 491 g/mol. The SMILES string of the molecule is NC(=O)c1cc(N[C@H]2CCNC2=O)nc(N2[C@@H]3CC[C@H]2C[C@@H](Oc2ccc(C(F)(F)F)cn2)C3)n1. The molecule has 13 heteroatoms. The molecule has 3 fully saturated rings. The first kappa shape index (κ1) is 23.1. The maximum absolute atomic E-state index is 12.8. The molecule has 0 spiro atoms. The lowest BCUT2D eigenvalue weighted by atomic mass is 10.00. The first-order chi connectivity index (χ1) is 16.7. The van der Waals surface area contributed by atoms with Crippen LogP contribution in [0.3, 0.4) is 0 Å². The van der Waals surface area contributed by atoms with Gasteiger partial charge in [0.15, 0.2) is 0 Å². The Balaban J connectivity index is 1.32. The third-order valence-corrected chi connectivity index (χ3v) is 6.61. The van der Waals surface area contributed by atoms with Gasteiger partial charge < -0.3 is 26.0 Å². The second-order valence-electron chi connectivity index (χ2n) is 8.97. The Hall–Kier alpha value is -3.64. The molecular formula is C22H24F3N7O3. The predicted molar refractivity (Wildman–Crippen MR) is 118 cm³/mol. The number of aromatic nitrogens is 3. The van der Waals surface area contributed by atoms with Crippen molar-refractivity contribution in [3.05, 3.63) is 35.7 Å². The fourth-order valence-electron chi connectivity index (χ4n) is 5.00. The predicted octanol–water partition coefficient (Wildman–Crippen LogP) is 1.87. The van der Waals surface area contributed by atoms with E-state index in [0.717, 1.165) is 25.1 Å². The zero-order chi connectivity index (χ0) is 24.7. The number of nitrogens with one attached hydrogen (secondary N) is 2. The van der Waals surface area contributed by atoms with Crippen LogP contribution < -0.4 is 26.0 Å². The quantitative estimate of drug-likeness (QED) is 0.557. The number of anilines is 2. The second kappa shape index (κ2) is 8.86.